The highest BCUT2D eigenvalue weighted by Gasteiger charge is 2.36. The summed E-state index contributed by atoms with van der Waals surface area (Å²) in [5.74, 6) is -2.61. The van der Waals surface area contributed by atoms with Crippen molar-refractivity contribution in [3.05, 3.63) is 29.6 Å². The van der Waals surface area contributed by atoms with Crippen LogP contribution in [0.15, 0.2) is 18.3 Å². The molecular formula is C9H8F3NO2. The van der Waals surface area contributed by atoms with Gasteiger partial charge in [-0.2, -0.15) is 13.2 Å². The Morgan fingerprint density at radius 2 is 2.13 bits per heavy atom. The molecule has 6 heteroatoms. The fraction of sp³-hybridized carbons (Fsp3) is 0.333. The molecule has 1 N–H and O–H groups in total. The van der Waals surface area contributed by atoms with E-state index in [1.54, 1.807) is 0 Å². The lowest BCUT2D eigenvalue weighted by atomic mass is 10.0. The minimum Gasteiger partial charge on any atom is -0.481 e. The molecular weight excluding hydrogens is 211 g/mol. The van der Waals surface area contributed by atoms with Gasteiger partial charge in [0.1, 0.15) is 0 Å². The summed E-state index contributed by atoms with van der Waals surface area (Å²) in [6.07, 6.45) is -3.43. The zero-order valence-electron chi connectivity index (χ0n) is 7.75. The number of rotatable bonds is 2. The van der Waals surface area contributed by atoms with Gasteiger partial charge in [-0.25, -0.2) is 0 Å². The third kappa shape index (κ3) is 2.45. The average molecular weight is 219 g/mol. The number of pyridine rings is 1. The largest absolute Gasteiger partial charge is 0.481 e. The number of nitrogens with zero attached hydrogens (tertiary/aromatic N) is 1. The highest BCUT2D eigenvalue weighted by atomic mass is 19.4. The van der Waals surface area contributed by atoms with Crippen LogP contribution in [0, 0.1) is 0 Å². The van der Waals surface area contributed by atoms with Gasteiger partial charge in [0.05, 0.1) is 17.2 Å². The van der Waals surface area contributed by atoms with Crippen molar-refractivity contribution in [2.75, 3.05) is 0 Å². The van der Waals surface area contributed by atoms with E-state index >= 15 is 0 Å². The van der Waals surface area contributed by atoms with Crippen LogP contribution in [-0.2, 0) is 11.0 Å². The van der Waals surface area contributed by atoms with E-state index < -0.39 is 29.3 Å². The first-order chi connectivity index (χ1) is 6.84. The molecule has 1 aromatic rings. The Morgan fingerprint density at radius 1 is 1.53 bits per heavy atom. The minimum atomic E-state index is -4.58. The molecule has 0 aromatic carbocycles. The fourth-order valence-electron chi connectivity index (χ4n) is 1.12. The zero-order valence-corrected chi connectivity index (χ0v) is 7.75. The summed E-state index contributed by atoms with van der Waals surface area (Å²) in [4.78, 5) is 14.0. The first-order valence-electron chi connectivity index (χ1n) is 4.09. The third-order valence-corrected chi connectivity index (χ3v) is 1.92. The van der Waals surface area contributed by atoms with E-state index in [1.165, 1.54) is 6.92 Å². The van der Waals surface area contributed by atoms with Crippen molar-refractivity contribution in [3.63, 3.8) is 0 Å². The maximum absolute atomic E-state index is 12.4. The summed E-state index contributed by atoms with van der Waals surface area (Å²) in [6, 6.07) is 1.95. The van der Waals surface area contributed by atoms with Crippen molar-refractivity contribution >= 4 is 5.97 Å². The highest BCUT2D eigenvalue weighted by Crippen LogP contribution is 2.33. The van der Waals surface area contributed by atoms with Crippen molar-refractivity contribution < 1.29 is 23.1 Å². The van der Waals surface area contributed by atoms with Crippen molar-refractivity contribution in [2.45, 2.75) is 19.0 Å². The number of alkyl halides is 3. The molecule has 0 aliphatic heterocycles. The van der Waals surface area contributed by atoms with E-state index in [2.05, 4.69) is 4.98 Å². The van der Waals surface area contributed by atoms with Crippen LogP contribution in [0.2, 0.25) is 0 Å². The van der Waals surface area contributed by atoms with Gasteiger partial charge in [-0.1, -0.05) is 0 Å². The molecule has 82 valence electrons. The zero-order chi connectivity index (χ0) is 11.6. The van der Waals surface area contributed by atoms with E-state index in [0.29, 0.717) is 0 Å². The Morgan fingerprint density at radius 3 is 2.60 bits per heavy atom. The number of hydrogen-bond donors (Lipinski definition) is 1. The Balaban J connectivity index is 3.24. The van der Waals surface area contributed by atoms with Gasteiger partial charge in [-0.15, -0.1) is 0 Å². The van der Waals surface area contributed by atoms with Crippen LogP contribution in [0.5, 0.6) is 0 Å². The molecule has 0 bridgehead atoms. The first-order valence-corrected chi connectivity index (χ1v) is 4.09. The number of carbonyl (C=O) groups is 1. The molecule has 0 unspecified atom stereocenters. The lowest BCUT2D eigenvalue weighted by molar-refractivity contribution is -0.141. The van der Waals surface area contributed by atoms with Crippen molar-refractivity contribution in [1.29, 1.82) is 0 Å². The molecule has 0 fully saturated rings. The number of halogens is 3. The molecule has 0 radical (unpaired) electrons. The summed E-state index contributed by atoms with van der Waals surface area (Å²) < 4.78 is 37.3. The molecule has 3 nitrogen and oxygen atoms in total. The van der Waals surface area contributed by atoms with Crippen LogP contribution in [0.3, 0.4) is 0 Å². The van der Waals surface area contributed by atoms with Crippen LogP contribution in [0.1, 0.15) is 24.1 Å². The molecule has 0 aliphatic rings. The number of aliphatic carboxylic acids is 1. The summed E-state index contributed by atoms with van der Waals surface area (Å²) in [7, 11) is 0. The molecule has 0 saturated heterocycles. The van der Waals surface area contributed by atoms with E-state index in [9.17, 15) is 18.0 Å². The van der Waals surface area contributed by atoms with Crippen LogP contribution >= 0.6 is 0 Å². The smallest absolute Gasteiger partial charge is 0.418 e. The summed E-state index contributed by atoms with van der Waals surface area (Å²) in [5.41, 5.74) is -1.46. The van der Waals surface area contributed by atoms with Crippen LogP contribution in [0.25, 0.3) is 0 Å². The Hall–Kier alpha value is -1.59. The molecule has 0 aliphatic carbocycles. The van der Waals surface area contributed by atoms with Crippen molar-refractivity contribution in [1.82, 2.24) is 4.98 Å². The second-order valence-corrected chi connectivity index (χ2v) is 2.99. The molecule has 1 aromatic heterocycles. The minimum absolute atomic E-state index is 0.461. The summed E-state index contributed by atoms with van der Waals surface area (Å²) in [5, 5.41) is 8.62. The highest BCUT2D eigenvalue weighted by molar-refractivity contribution is 5.75. The van der Waals surface area contributed by atoms with Gasteiger partial charge in [-0.3, -0.25) is 9.78 Å². The molecule has 0 saturated carbocycles. The van der Waals surface area contributed by atoms with Gasteiger partial charge in [-0.05, 0) is 19.1 Å². The standard InChI is InChI=1S/C9H8F3NO2/c1-5(8(14)15)7-6(9(10,11)12)3-2-4-13-7/h2-5H,1H3,(H,14,15)/t5-/m0/s1. The maximum atomic E-state index is 12.4. The number of carboxylic acids is 1. The predicted octanol–water partition coefficient (Wildman–Crippen LogP) is 2.29. The molecule has 1 rings (SSSR count). The van der Waals surface area contributed by atoms with E-state index in [0.717, 1.165) is 18.3 Å². The van der Waals surface area contributed by atoms with Crippen LogP contribution in [-0.4, -0.2) is 16.1 Å². The van der Waals surface area contributed by atoms with E-state index in [-0.39, 0.29) is 0 Å². The lowest BCUT2D eigenvalue weighted by Gasteiger charge is -2.13. The number of carboxylic acid groups (broad SMARTS) is 1. The van der Waals surface area contributed by atoms with Gasteiger partial charge in [0.15, 0.2) is 0 Å². The molecule has 15 heavy (non-hydrogen) atoms. The topological polar surface area (TPSA) is 50.2 Å². The Labute approximate surface area is 83.6 Å². The van der Waals surface area contributed by atoms with Gasteiger partial charge in [0.2, 0.25) is 0 Å². The number of aromatic nitrogens is 1. The monoisotopic (exact) mass is 219 g/mol. The Bertz CT molecular complexity index is 376. The van der Waals surface area contributed by atoms with E-state index in [4.69, 9.17) is 5.11 Å². The Kier molecular flexibility index (Phi) is 2.97. The third-order valence-electron chi connectivity index (χ3n) is 1.92. The first kappa shape index (κ1) is 11.5. The average Bonchev–Trinajstić information content (AvgIpc) is 2.15. The summed E-state index contributed by atoms with van der Waals surface area (Å²) in [6.45, 7) is 1.17. The van der Waals surface area contributed by atoms with Gasteiger partial charge in [0.25, 0.3) is 0 Å². The second-order valence-electron chi connectivity index (χ2n) is 2.99. The van der Waals surface area contributed by atoms with Crippen LogP contribution in [0.4, 0.5) is 13.2 Å². The van der Waals surface area contributed by atoms with Gasteiger partial charge in [0, 0.05) is 6.20 Å². The van der Waals surface area contributed by atoms with Gasteiger partial charge >= 0.3 is 12.1 Å². The summed E-state index contributed by atoms with van der Waals surface area (Å²) >= 11 is 0. The second kappa shape index (κ2) is 3.88. The predicted molar refractivity (Wildman–Crippen MR) is 45.3 cm³/mol. The van der Waals surface area contributed by atoms with Crippen molar-refractivity contribution in [3.8, 4) is 0 Å². The maximum Gasteiger partial charge on any atom is 0.418 e. The quantitative estimate of drug-likeness (QED) is 0.830. The SMILES string of the molecule is C[C@H](C(=O)O)c1ncccc1C(F)(F)F. The van der Waals surface area contributed by atoms with Crippen LogP contribution < -0.4 is 0 Å². The molecule has 0 amide bonds. The van der Waals surface area contributed by atoms with Gasteiger partial charge < -0.3 is 5.11 Å². The molecule has 0 spiro atoms. The molecule has 1 heterocycles. The van der Waals surface area contributed by atoms with E-state index in [1.807, 2.05) is 0 Å². The van der Waals surface area contributed by atoms with Crippen molar-refractivity contribution in [2.24, 2.45) is 0 Å². The normalized spacial score (nSPS) is 13.6. The lowest BCUT2D eigenvalue weighted by Crippen LogP contribution is -2.17. The fourth-order valence-corrected chi connectivity index (χ4v) is 1.12. The molecule has 1 atom stereocenters. The number of hydrogen-bond acceptors (Lipinski definition) is 2.